The van der Waals surface area contributed by atoms with Gasteiger partial charge in [0.1, 0.15) is 5.82 Å². The van der Waals surface area contributed by atoms with Crippen LogP contribution in [0.15, 0.2) is 24.3 Å². The monoisotopic (exact) mass is 238 g/mol. The van der Waals surface area contributed by atoms with E-state index >= 15 is 0 Å². The molecule has 0 radical (unpaired) electrons. The third-order valence-corrected chi connectivity index (χ3v) is 2.81. The molecule has 2 aromatic rings. The van der Waals surface area contributed by atoms with Crippen molar-refractivity contribution in [3.8, 4) is 0 Å². The largest absolute Gasteiger partial charge is 0.367 e. The summed E-state index contributed by atoms with van der Waals surface area (Å²) < 4.78 is 17.3. The van der Waals surface area contributed by atoms with Crippen LogP contribution in [0.3, 0.4) is 0 Å². The average Bonchev–Trinajstić information content (AvgIpc) is 2.64. The topological polar surface area (TPSA) is 63.8 Å². The van der Waals surface area contributed by atoms with E-state index in [1.54, 1.807) is 18.2 Å². The molecule has 0 spiro atoms. The molecule has 6 heteroatoms. The number of aromatic nitrogens is 2. The second kappa shape index (κ2) is 4.44. The fraction of sp³-hybridized carbons (Fsp3) is 0.200. The maximum Gasteiger partial charge on any atom is 0.233 e. The number of hydrogen-bond donors (Lipinski definition) is 2. The van der Waals surface area contributed by atoms with Crippen LogP contribution in [0.2, 0.25) is 0 Å². The van der Waals surface area contributed by atoms with Gasteiger partial charge in [0.05, 0.1) is 6.04 Å². The smallest absolute Gasteiger partial charge is 0.233 e. The number of nitrogens with two attached hydrogens (primary N) is 1. The van der Waals surface area contributed by atoms with E-state index < -0.39 is 0 Å². The van der Waals surface area contributed by atoms with Gasteiger partial charge in [0.25, 0.3) is 0 Å². The van der Waals surface area contributed by atoms with Crippen LogP contribution < -0.4 is 11.1 Å². The summed E-state index contributed by atoms with van der Waals surface area (Å²) in [4.78, 5) is 3.96. The molecular formula is C10H11FN4S. The van der Waals surface area contributed by atoms with Crippen LogP contribution in [0.1, 0.15) is 18.5 Å². The van der Waals surface area contributed by atoms with Crippen molar-refractivity contribution in [2.75, 3.05) is 11.1 Å². The van der Waals surface area contributed by atoms with Crippen LogP contribution in [-0.4, -0.2) is 9.36 Å². The van der Waals surface area contributed by atoms with Gasteiger partial charge in [-0.2, -0.15) is 9.36 Å². The molecule has 16 heavy (non-hydrogen) atoms. The summed E-state index contributed by atoms with van der Waals surface area (Å²) >= 11 is 1.16. The number of nitrogens with one attached hydrogen (secondary N) is 1. The van der Waals surface area contributed by atoms with E-state index in [2.05, 4.69) is 14.7 Å². The van der Waals surface area contributed by atoms with Crippen molar-refractivity contribution in [2.24, 2.45) is 0 Å². The Hall–Kier alpha value is -1.69. The Morgan fingerprint density at radius 1 is 1.44 bits per heavy atom. The van der Waals surface area contributed by atoms with Gasteiger partial charge >= 0.3 is 0 Å². The number of nitrogens with zero attached hydrogens (tertiary/aromatic N) is 2. The first-order valence-corrected chi connectivity index (χ1v) is 5.54. The molecule has 0 saturated carbocycles. The molecule has 1 aromatic carbocycles. The van der Waals surface area contributed by atoms with E-state index in [0.29, 0.717) is 10.7 Å². The molecule has 0 aliphatic carbocycles. The highest BCUT2D eigenvalue weighted by Crippen LogP contribution is 2.22. The zero-order valence-electron chi connectivity index (χ0n) is 8.64. The van der Waals surface area contributed by atoms with Crippen molar-refractivity contribution in [3.05, 3.63) is 35.6 Å². The summed E-state index contributed by atoms with van der Waals surface area (Å²) in [5.41, 5.74) is 5.99. The zero-order chi connectivity index (χ0) is 11.5. The standard InChI is InChI=1S/C10H11FN4S/c1-6(7-4-2-3-5-8(7)11)13-10-14-9(12)15-16-10/h2-6H,1H3,(H3,12,13,14,15). The van der Waals surface area contributed by atoms with Gasteiger partial charge in [-0.05, 0) is 13.0 Å². The van der Waals surface area contributed by atoms with E-state index in [-0.39, 0.29) is 17.8 Å². The molecule has 1 heterocycles. The Morgan fingerprint density at radius 3 is 2.81 bits per heavy atom. The number of anilines is 2. The predicted molar refractivity (Wildman–Crippen MR) is 62.8 cm³/mol. The van der Waals surface area contributed by atoms with Gasteiger partial charge in [-0.1, -0.05) is 18.2 Å². The minimum atomic E-state index is -0.236. The number of benzene rings is 1. The van der Waals surface area contributed by atoms with Crippen molar-refractivity contribution >= 4 is 22.6 Å². The van der Waals surface area contributed by atoms with Crippen molar-refractivity contribution in [1.82, 2.24) is 9.36 Å². The third kappa shape index (κ3) is 2.27. The molecule has 4 nitrogen and oxygen atoms in total. The van der Waals surface area contributed by atoms with Gasteiger partial charge in [-0.3, -0.25) is 0 Å². The summed E-state index contributed by atoms with van der Waals surface area (Å²) in [5, 5.41) is 3.64. The van der Waals surface area contributed by atoms with Crippen molar-refractivity contribution in [1.29, 1.82) is 0 Å². The molecule has 0 amide bonds. The van der Waals surface area contributed by atoms with Crippen LogP contribution in [0, 0.1) is 5.82 Å². The predicted octanol–water partition coefficient (Wildman–Crippen LogP) is 2.43. The van der Waals surface area contributed by atoms with Gasteiger partial charge in [-0.15, -0.1) is 0 Å². The highest BCUT2D eigenvalue weighted by Gasteiger charge is 2.11. The Labute approximate surface area is 96.5 Å². The second-order valence-corrected chi connectivity index (χ2v) is 4.10. The summed E-state index contributed by atoms with van der Waals surface area (Å²) in [6, 6.07) is 6.45. The lowest BCUT2D eigenvalue weighted by Gasteiger charge is -2.13. The molecular weight excluding hydrogens is 227 g/mol. The highest BCUT2D eigenvalue weighted by atomic mass is 32.1. The van der Waals surface area contributed by atoms with Gasteiger partial charge in [0.2, 0.25) is 11.1 Å². The first-order valence-electron chi connectivity index (χ1n) is 4.77. The number of halogens is 1. The highest BCUT2D eigenvalue weighted by molar-refractivity contribution is 7.09. The molecule has 0 saturated heterocycles. The SMILES string of the molecule is CC(Nc1nc(N)ns1)c1ccccc1F. The first kappa shape index (κ1) is 10.8. The zero-order valence-corrected chi connectivity index (χ0v) is 9.46. The van der Waals surface area contributed by atoms with Crippen molar-refractivity contribution < 1.29 is 4.39 Å². The summed E-state index contributed by atoms with van der Waals surface area (Å²) in [6.45, 7) is 1.86. The normalized spacial score (nSPS) is 12.4. The van der Waals surface area contributed by atoms with Gasteiger partial charge in [0.15, 0.2) is 0 Å². The van der Waals surface area contributed by atoms with Crippen molar-refractivity contribution in [2.45, 2.75) is 13.0 Å². The number of rotatable bonds is 3. The quantitative estimate of drug-likeness (QED) is 0.862. The summed E-state index contributed by atoms with van der Waals surface area (Å²) in [5.74, 6) is -0.00628. The van der Waals surface area contributed by atoms with E-state index in [0.717, 1.165) is 11.5 Å². The Morgan fingerprint density at radius 2 is 2.19 bits per heavy atom. The molecule has 84 valence electrons. The minimum Gasteiger partial charge on any atom is -0.367 e. The van der Waals surface area contributed by atoms with Gasteiger partial charge < -0.3 is 11.1 Å². The molecule has 0 aliphatic rings. The Bertz CT molecular complexity index is 485. The molecule has 1 aromatic heterocycles. The van der Waals surface area contributed by atoms with Crippen LogP contribution in [0.5, 0.6) is 0 Å². The summed E-state index contributed by atoms with van der Waals surface area (Å²) in [6.07, 6.45) is 0. The van der Waals surface area contributed by atoms with Crippen LogP contribution >= 0.6 is 11.5 Å². The lowest BCUT2D eigenvalue weighted by Crippen LogP contribution is -2.08. The van der Waals surface area contributed by atoms with Crippen LogP contribution in [0.4, 0.5) is 15.5 Å². The second-order valence-electron chi connectivity index (χ2n) is 3.35. The van der Waals surface area contributed by atoms with Gasteiger partial charge in [0, 0.05) is 17.1 Å². The molecule has 1 unspecified atom stereocenters. The van der Waals surface area contributed by atoms with E-state index in [1.807, 2.05) is 6.92 Å². The van der Waals surface area contributed by atoms with E-state index in [4.69, 9.17) is 5.73 Å². The number of hydrogen-bond acceptors (Lipinski definition) is 5. The molecule has 1 atom stereocenters. The first-order chi connectivity index (χ1) is 7.66. The average molecular weight is 238 g/mol. The maximum absolute atomic E-state index is 13.5. The lowest BCUT2D eigenvalue weighted by molar-refractivity contribution is 0.600. The fourth-order valence-corrected chi connectivity index (χ4v) is 1.97. The van der Waals surface area contributed by atoms with E-state index in [9.17, 15) is 4.39 Å². The Kier molecular flexibility index (Phi) is 3.00. The van der Waals surface area contributed by atoms with Crippen molar-refractivity contribution in [3.63, 3.8) is 0 Å². The van der Waals surface area contributed by atoms with Crippen LogP contribution in [0.25, 0.3) is 0 Å². The third-order valence-electron chi connectivity index (χ3n) is 2.15. The molecule has 0 aliphatic heterocycles. The molecule has 2 rings (SSSR count). The fourth-order valence-electron chi connectivity index (χ4n) is 1.38. The lowest BCUT2D eigenvalue weighted by atomic mass is 10.1. The molecule has 0 bridgehead atoms. The van der Waals surface area contributed by atoms with Gasteiger partial charge in [-0.25, -0.2) is 4.39 Å². The van der Waals surface area contributed by atoms with E-state index in [1.165, 1.54) is 6.07 Å². The Balaban J connectivity index is 2.14. The summed E-state index contributed by atoms with van der Waals surface area (Å²) in [7, 11) is 0. The maximum atomic E-state index is 13.5. The van der Waals surface area contributed by atoms with Crippen LogP contribution in [-0.2, 0) is 0 Å². The minimum absolute atomic E-state index is 0.173. The number of nitrogen functional groups attached to an aromatic ring is 1. The molecule has 3 N–H and O–H groups in total. The molecule has 0 fully saturated rings.